The Balaban J connectivity index is 0.00000338. The number of hydrogen-bond donors (Lipinski definition) is 1. The van der Waals surface area contributed by atoms with Crippen molar-refractivity contribution in [1.29, 1.82) is 0 Å². The van der Waals surface area contributed by atoms with Crippen LogP contribution in [0.1, 0.15) is 19.3 Å². The molecule has 0 aromatic rings. The highest BCUT2D eigenvalue weighted by Gasteiger charge is 2.31. The zero-order valence-electron chi connectivity index (χ0n) is 14.9. The third-order valence-electron chi connectivity index (χ3n) is 4.77. The van der Waals surface area contributed by atoms with Crippen LogP contribution in [0, 0.1) is 5.92 Å². The van der Waals surface area contributed by atoms with Gasteiger partial charge in [-0.1, -0.05) is 0 Å². The molecule has 2 aliphatic heterocycles. The van der Waals surface area contributed by atoms with Gasteiger partial charge in [0.2, 0.25) is 5.91 Å². The van der Waals surface area contributed by atoms with Crippen LogP contribution in [0.4, 0.5) is 13.2 Å². The minimum Gasteiger partial charge on any atom is -0.381 e. The van der Waals surface area contributed by atoms with Crippen LogP contribution in [-0.2, 0) is 14.3 Å². The second kappa shape index (κ2) is 11.3. The second-order valence-corrected chi connectivity index (χ2v) is 6.66. The van der Waals surface area contributed by atoms with Gasteiger partial charge in [0.05, 0.1) is 6.04 Å². The van der Waals surface area contributed by atoms with E-state index >= 15 is 0 Å². The number of ether oxygens (including phenoxy) is 2. The summed E-state index contributed by atoms with van der Waals surface area (Å²) in [4.78, 5) is 16.5. The monoisotopic (exact) mass is 403 g/mol. The van der Waals surface area contributed by atoms with Crippen molar-refractivity contribution in [3.63, 3.8) is 0 Å². The summed E-state index contributed by atoms with van der Waals surface area (Å²) in [5, 5.41) is 0. The maximum Gasteiger partial charge on any atom is 0.411 e. The van der Waals surface area contributed by atoms with Crippen molar-refractivity contribution >= 4 is 18.3 Å². The molecule has 0 bridgehead atoms. The maximum absolute atomic E-state index is 12.5. The Morgan fingerprint density at radius 2 is 1.81 bits per heavy atom. The van der Waals surface area contributed by atoms with Gasteiger partial charge in [-0.05, 0) is 25.2 Å². The SMILES string of the molecule is Cl.NC(C(=O)N1CCN(CCCOCC(F)(F)F)CC1)C1CCOCC1. The molecule has 6 nitrogen and oxygen atoms in total. The molecular weight excluding hydrogens is 375 g/mol. The van der Waals surface area contributed by atoms with Crippen molar-refractivity contribution in [3.8, 4) is 0 Å². The number of hydrogen-bond acceptors (Lipinski definition) is 5. The van der Waals surface area contributed by atoms with Crippen molar-refractivity contribution in [1.82, 2.24) is 9.80 Å². The van der Waals surface area contributed by atoms with Gasteiger partial charge in [-0.2, -0.15) is 13.2 Å². The number of piperazine rings is 1. The fourth-order valence-corrected chi connectivity index (χ4v) is 3.26. The minimum atomic E-state index is -4.27. The molecule has 0 aliphatic carbocycles. The van der Waals surface area contributed by atoms with E-state index in [0.717, 1.165) is 12.8 Å². The van der Waals surface area contributed by atoms with E-state index in [9.17, 15) is 18.0 Å². The Hall–Kier alpha value is -0.610. The first-order chi connectivity index (χ1) is 11.9. The molecule has 1 amide bonds. The number of carbonyl (C=O) groups is 1. The number of halogens is 4. The van der Waals surface area contributed by atoms with Crippen molar-refractivity contribution in [2.75, 3.05) is 59.2 Å². The smallest absolute Gasteiger partial charge is 0.381 e. The van der Waals surface area contributed by atoms with Gasteiger partial charge in [-0.3, -0.25) is 9.69 Å². The number of nitrogens with two attached hydrogens (primary N) is 1. The van der Waals surface area contributed by atoms with Crippen LogP contribution in [-0.4, -0.2) is 87.1 Å². The molecule has 0 spiro atoms. The van der Waals surface area contributed by atoms with Crippen LogP contribution < -0.4 is 5.73 Å². The Bertz CT molecular complexity index is 415. The van der Waals surface area contributed by atoms with Crippen molar-refractivity contribution in [2.24, 2.45) is 11.7 Å². The highest BCUT2D eigenvalue weighted by atomic mass is 35.5. The molecule has 2 fully saturated rings. The average Bonchev–Trinajstić information content (AvgIpc) is 2.60. The molecule has 2 saturated heterocycles. The van der Waals surface area contributed by atoms with E-state index in [2.05, 4.69) is 9.64 Å². The summed E-state index contributed by atoms with van der Waals surface area (Å²) >= 11 is 0. The largest absolute Gasteiger partial charge is 0.411 e. The minimum absolute atomic E-state index is 0. The summed E-state index contributed by atoms with van der Waals surface area (Å²) < 4.78 is 45.8. The van der Waals surface area contributed by atoms with E-state index < -0.39 is 18.8 Å². The van der Waals surface area contributed by atoms with Gasteiger partial charge in [0, 0.05) is 52.5 Å². The Kier molecular flexibility index (Phi) is 10.2. The topological polar surface area (TPSA) is 68.0 Å². The zero-order valence-corrected chi connectivity index (χ0v) is 15.7. The number of carbonyl (C=O) groups excluding carboxylic acids is 1. The summed E-state index contributed by atoms with van der Waals surface area (Å²) in [6.07, 6.45) is -2.07. The van der Waals surface area contributed by atoms with Crippen LogP contribution in [0.2, 0.25) is 0 Å². The maximum atomic E-state index is 12.5. The van der Waals surface area contributed by atoms with Gasteiger partial charge >= 0.3 is 6.18 Å². The Labute approximate surface area is 158 Å². The molecule has 2 N–H and O–H groups in total. The summed E-state index contributed by atoms with van der Waals surface area (Å²) in [6, 6.07) is -0.466. The Morgan fingerprint density at radius 3 is 2.38 bits per heavy atom. The molecule has 2 aliphatic rings. The molecule has 154 valence electrons. The zero-order chi connectivity index (χ0) is 18.3. The van der Waals surface area contributed by atoms with E-state index in [-0.39, 0.29) is 30.8 Å². The van der Waals surface area contributed by atoms with Crippen LogP contribution in [0.3, 0.4) is 0 Å². The van der Waals surface area contributed by atoms with Crippen molar-refractivity contribution < 1.29 is 27.4 Å². The lowest BCUT2D eigenvalue weighted by Crippen LogP contribution is -2.55. The number of rotatable bonds is 7. The summed E-state index contributed by atoms with van der Waals surface area (Å²) in [6.45, 7) is 3.54. The highest BCUT2D eigenvalue weighted by Crippen LogP contribution is 2.19. The molecule has 1 atom stereocenters. The third-order valence-corrected chi connectivity index (χ3v) is 4.77. The number of amides is 1. The van der Waals surface area contributed by atoms with Gasteiger partial charge in [0.25, 0.3) is 0 Å². The molecule has 0 aromatic heterocycles. The predicted octanol–water partition coefficient (Wildman–Crippen LogP) is 1.28. The van der Waals surface area contributed by atoms with Gasteiger partial charge in [-0.15, -0.1) is 12.4 Å². The summed E-state index contributed by atoms with van der Waals surface area (Å²) in [7, 11) is 0. The first kappa shape index (κ1) is 23.4. The van der Waals surface area contributed by atoms with E-state index in [0.29, 0.717) is 52.4 Å². The molecule has 0 saturated carbocycles. The fourth-order valence-electron chi connectivity index (χ4n) is 3.26. The molecule has 0 aromatic carbocycles. The number of nitrogens with zero attached hydrogens (tertiary/aromatic N) is 2. The molecular formula is C16H29ClF3N3O3. The van der Waals surface area contributed by atoms with E-state index in [1.165, 1.54) is 0 Å². The van der Waals surface area contributed by atoms with Crippen LogP contribution in [0.15, 0.2) is 0 Å². The van der Waals surface area contributed by atoms with Crippen molar-refractivity contribution in [2.45, 2.75) is 31.5 Å². The van der Waals surface area contributed by atoms with Crippen LogP contribution in [0.5, 0.6) is 0 Å². The van der Waals surface area contributed by atoms with E-state index in [1.54, 1.807) is 4.90 Å². The van der Waals surface area contributed by atoms with Gasteiger partial charge in [-0.25, -0.2) is 0 Å². The lowest BCUT2D eigenvalue weighted by Gasteiger charge is -2.37. The van der Waals surface area contributed by atoms with Crippen molar-refractivity contribution in [3.05, 3.63) is 0 Å². The van der Waals surface area contributed by atoms with Gasteiger partial charge < -0.3 is 20.1 Å². The van der Waals surface area contributed by atoms with E-state index in [4.69, 9.17) is 10.5 Å². The highest BCUT2D eigenvalue weighted by molar-refractivity contribution is 5.85. The van der Waals surface area contributed by atoms with Gasteiger partial charge in [0.15, 0.2) is 0 Å². The normalized spacial score (nSPS) is 21.3. The fraction of sp³-hybridized carbons (Fsp3) is 0.938. The number of alkyl halides is 3. The molecule has 2 rings (SSSR count). The van der Waals surface area contributed by atoms with Crippen LogP contribution >= 0.6 is 12.4 Å². The predicted molar refractivity (Wildman–Crippen MR) is 93.3 cm³/mol. The lowest BCUT2D eigenvalue weighted by atomic mass is 9.91. The molecule has 0 radical (unpaired) electrons. The third kappa shape index (κ3) is 7.96. The molecule has 1 unspecified atom stereocenters. The molecule has 26 heavy (non-hydrogen) atoms. The molecule has 2 heterocycles. The van der Waals surface area contributed by atoms with Crippen LogP contribution in [0.25, 0.3) is 0 Å². The standard InChI is InChI=1S/C16H28F3N3O3.ClH/c17-16(18,19)12-25-9-1-4-21-5-7-22(8-6-21)15(23)14(20)13-2-10-24-11-3-13;/h13-14H,1-12,20H2;1H. The average molecular weight is 404 g/mol. The quantitative estimate of drug-likeness (QED) is 0.648. The Morgan fingerprint density at radius 1 is 1.19 bits per heavy atom. The summed E-state index contributed by atoms with van der Waals surface area (Å²) in [5.41, 5.74) is 6.14. The lowest BCUT2D eigenvalue weighted by molar-refractivity contribution is -0.174. The van der Waals surface area contributed by atoms with E-state index in [1.807, 2.05) is 0 Å². The summed E-state index contributed by atoms with van der Waals surface area (Å²) in [5.74, 6) is 0.185. The second-order valence-electron chi connectivity index (χ2n) is 6.66. The first-order valence-corrected chi connectivity index (χ1v) is 8.86. The molecule has 10 heteroatoms. The first-order valence-electron chi connectivity index (χ1n) is 8.86. The van der Waals surface area contributed by atoms with Gasteiger partial charge in [0.1, 0.15) is 6.61 Å².